The minimum atomic E-state index is -0.213. The second-order valence-electron chi connectivity index (χ2n) is 3.19. The predicted molar refractivity (Wildman–Crippen MR) is 48.1 cm³/mol. The summed E-state index contributed by atoms with van der Waals surface area (Å²) in [6.45, 7) is 3.72. The van der Waals surface area contributed by atoms with Gasteiger partial charge in [0.2, 0.25) is 5.91 Å². The van der Waals surface area contributed by atoms with Gasteiger partial charge in [-0.25, -0.2) is 4.68 Å². The molecule has 1 N–H and O–H groups in total. The van der Waals surface area contributed by atoms with Gasteiger partial charge in [-0.2, -0.15) is 0 Å². The maximum atomic E-state index is 10.9. The molecule has 0 radical (unpaired) electrons. The van der Waals surface area contributed by atoms with Crippen molar-refractivity contribution in [2.24, 2.45) is 0 Å². The first-order chi connectivity index (χ1) is 6.81. The maximum Gasteiger partial charge on any atom is 0.243 e. The molecular formula is C8H11N5O. The summed E-state index contributed by atoms with van der Waals surface area (Å²) in [5.41, 5.74) is 0. The maximum absolute atomic E-state index is 10.9. The van der Waals surface area contributed by atoms with Crippen LogP contribution in [0.2, 0.25) is 0 Å². The van der Waals surface area contributed by atoms with Crippen LogP contribution in [0.4, 0.5) is 0 Å². The number of nitrogens with zero attached hydrogens (tertiary/aromatic N) is 4. The van der Waals surface area contributed by atoms with Crippen molar-refractivity contribution in [3.8, 4) is 0 Å². The van der Waals surface area contributed by atoms with Gasteiger partial charge in [0.05, 0.1) is 12.6 Å². The standard InChI is InChI=1S/C8H11N5O/c1-2-8(14)9-5-7-10-11-12-13(7)6-3-4-6/h2,6H,1,3-5H2,(H,9,14). The lowest BCUT2D eigenvalue weighted by atomic mass is 10.5. The van der Waals surface area contributed by atoms with Gasteiger partial charge in [-0.1, -0.05) is 6.58 Å². The summed E-state index contributed by atoms with van der Waals surface area (Å²) in [6.07, 6.45) is 3.46. The monoisotopic (exact) mass is 193 g/mol. The quantitative estimate of drug-likeness (QED) is 0.673. The number of nitrogens with one attached hydrogen (secondary N) is 1. The van der Waals surface area contributed by atoms with E-state index in [0.29, 0.717) is 18.4 Å². The zero-order chi connectivity index (χ0) is 9.97. The van der Waals surface area contributed by atoms with Gasteiger partial charge in [0.25, 0.3) is 0 Å². The molecule has 0 atom stereocenters. The highest BCUT2D eigenvalue weighted by atomic mass is 16.1. The minimum Gasteiger partial charge on any atom is -0.345 e. The van der Waals surface area contributed by atoms with Crippen LogP contribution in [0.25, 0.3) is 0 Å². The fraction of sp³-hybridized carbons (Fsp3) is 0.500. The SMILES string of the molecule is C=CC(=O)NCc1nnnn1C1CC1. The smallest absolute Gasteiger partial charge is 0.243 e. The van der Waals surface area contributed by atoms with E-state index in [1.165, 1.54) is 6.08 Å². The van der Waals surface area contributed by atoms with E-state index in [0.717, 1.165) is 12.8 Å². The molecule has 1 amide bonds. The Labute approximate surface area is 81.0 Å². The highest BCUT2D eigenvalue weighted by Gasteiger charge is 2.27. The van der Waals surface area contributed by atoms with Crippen LogP contribution in [0.5, 0.6) is 0 Å². The fourth-order valence-corrected chi connectivity index (χ4v) is 1.17. The molecule has 0 unspecified atom stereocenters. The Bertz CT molecular complexity index is 354. The first-order valence-corrected chi connectivity index (χ1v) is 4.48. The zero-order valence-corrected chi connectivity index (χ0v) is 7.68. The summed E-state index contributed by atoms with van der Waals surface area (Å²) < 4.78 is 1.77. The van der Waals surface area contributed by atoms with Crippen LogP contribution >= 0.6 is 0 Å². The molecule has 1 aliphatic rings. The van der Waals surface area contributed by atoms with Crippen LogP contribution in [-0.4, -0.2) is 26.1 Å². The number of amides is 1. The van der Waals surface area contributed by atoms with Crippen LogP contribution in [0.3, 0.4) is 0 Å². The van der Waals surface area contributed by atoms with Gasteiger partial charge in [-0.05, 0) is 29.3 Å². The van der Waals surface area contributed by atoms with E-state index >= 15 is 0 Å². The molecule has 0 bridgehead atoms. The van der Waals surface area contributed by atoms with Crippen molar-refractivity contribution < 1.29 is 4.79 Å². The fourth-order valence-electron chi connectivity index (χ4n) is 1.17. The molecule has 1 aromatic rings. The second kappa shape index (κ2) is 3.57. The third-order valence-electron chi connectivity index (χ3n) is 2.06. The van der Waals surface area contributed by atoms with Gasteiger partial charge in [-0.15, -0.1) is 5.10 Å². The van der Waals surface area contributed by atoms with E-state index in [-0.39, 0.29) is 5.91 Å². The normalized spacial score (nSPS) is 15.1. The Balaban J connectivity index is 1.98. The molecule has 1 heterocycles. The van der Waals surface area contributed by atoms with E-state index < -0.39 is 0 Å². The van der Waals surface area contributed by atoms with Crippen molar-refractivity contribution in [2.75, 3.05) is 0 Å². The summed E-state index contributed by atoms with van der Waals surface area (Å²) >= 11 is 0. The molecule has 1 aliphatic carbocycles. The van der Waals surface area contributed by atoms with Crippen molar-refractivity contribution in [2.45, 2.75) is 25.4 Å². The number of hydrogen-bond donors (Lipinski definition) is 1. The van der Waals surface area contributed by atoms with Gasteiger partial charge >= 0.3 is 0 Å². The Morgan fingerprint density at radius 1 is 1.71 bits per heavy atom. The average Bonchev–Trinajstić information content (AvgIpc) is 2.94. The highest BCUT2D eigenvalue weighted by Crippen LogP contribution is 2.34. The van der Waals surface area contributed by atoms with E-state index in [1.54, 1.807) is 4.68 Å². The van der Waals surface area contributed by atoms with E-state index in [9.17, 15) is 4.79 Å². The van der Waals surface area contributed by atoms with Crippen molar-refractivity contribution >= 4 is 5.91 Å². The second-order valence-corrected chi connectivity index (χ2v) is 3.19. The summed E-state index contributed by atoms with van der Waals surface area (Å²) in [6, 6.07) is 0.431. The van der Waals surface area contributed by atoms with Crippen LogP contribution in [0.15, 0.2) is 12.7 Å². The van der Waals surface area contributed by atoms with E-state index in [2.05, 4.69) is 27.4 Å². The molecule has 6 nitrogen and oxygen atoms in total. The first-order valence-electron chi connectivity index (χ1n) is 4.48. The molecule has 1 saturated carbocycles. The molecule has 0 saturated heterocycles. The van der Waals surface area contributed by atoms with Gasteiger partial charge < -0.3 is 5.32 Å². The number of carbonyl (C=O) groups is 1. The largest absolute Gasteiger partial charge is 0.345 e. The first kappa shape index (κ1) is 8.86. The Kier molecular flexibility index (Phi) is 2.26. The van der Waals surface area contributed by atoms with Gasteiger partial charge in [0, 0.05) is 0 Å². The summed E-state index contributed by atoms with van der Waals surface area (Å²) in [4.78, 5) is 10.9. The molecule has 0 aromatic carbocycles. The van der Waals surface area contributed by atoms with Gasteiger partial charge in [-0.3, -0.25) is 4.79 Å². The average molecular weight is 193 g/mol. The molecule has 14 heavy (non-hydrogen) atoms. The lowest BCUT2D eigenvalue weighted by molar-refractivity contribution is -0.116. The Hall–Kier alpha value is -1.72. The topological polar surface area (TPSA) is 72.7 Å². The van der Waals surface area contributed by atoms with Crippen molar-refractivity contribution in [1.29, 1.82) is 0 Å². The lowest BCUT2D eigenvalue weighted by Gasteiger charge is -2.02. The molecular weight excluding hydrogens is 182 g/mol. The molecule has 1 fully saturated rings. The van der Waals surface area contributed by atoms with E-state index in [4.69, 9.17) is 0 Å². The third kappa shape index (κ3) is 1.78. The Morgan fingerprint density at radius 2 is 2.50 bits per heavy atom. The van der Waals surface area contributed by atoms with E-state index in [1.807, 2.05) is 0 Å². The minimum absolute atomic E-state index is 0.213. The summed E-state index contributed by atoms with van der Waals surface area (Å²) in [7, 11) is 0. The molecule has 74 valence electrons. The predicted octanol–water partition coefficient (Wildman–Crippen LogP) is -0.190. The van der Waals surface area contributed by atoms with Crippen LogP contribution in [-0.2, 0) is 11.3 Å². The molecule has 6 heteroatoms. The number of carbonyl (C=O) groups excluding carboxylic acids is 1. The van der Waals surface area contributed by atoms with Crippen molar-refractivity contribution in [1.82, 2.24) is 25.5 Å². The van der Waals surface area contributed by atoms with Crippen molar-refractivity contribution in [3.05, 3.63) is 18.5 Å². The molecule has 1 aromatic heterocycles. The molecule has 0 aliphatic heterocycles. The zero-order valence-electron chi connectivity index (χ0n) is 7.68. The molecule has 2 rings (SSSR count). The third-order valence-corrected chi connectivity index (χ3v) is 2.06. The summed E-state index contributed by atoms with van der Waals surface area (Å²) in [5.74, 6) is 0.484. The highest BCUT2D eigenvalue weighted by molar-refractivity contribution is 5.86. The van der Waals surface area contributed by atoms with Crippen LogP contribution < -0.4 is 5.32 Å². The molecule has 0 spiro atoms. The number of hydrogen-bond acceptors (Lipinski definition) is 4. The van der Waals surface area contributed by atoms with Crippen LogP contribution in [0, 0.1) is 0 Å². The number of aromatic nitrogens is 4. The summed E-state index contributed by atoms with van der Waals surface area (Å²) in [5, 5.41) is 13.9. The lowest BCUT2D eigenvalue weighted by Crippen LogP contribution is -2.22. The Morgan fingerprint density at radius 3 is 3.14 bits per heavy atom. The van der Waals surface area contributed by atoms with Crippen molar-refractivity contribution in [3.63, 3.8) is 0 Å². The number of tetrazole rings is 1. The van der Waals surface area contributed by atoms with Gasteiger partial charge in [0.1, 0.15) is 0 Å². The van der Waals surface area contributed by atoms with Gasteiger partial charge in [0.15, 0.2) is 5.82 Å². The number of rotatable bonds is 4. The van der Waals surface area contributed by atoms with Crippen LogP contribution in [0.1, 0.15) is 24.7 Å².